The lowest BCUT2D eigenvalue weighted by molar-refractivity contribution is -0.132. The molecular formula is C30H30O4. The molecule has 0 aliphatic heterocycles. The first-order chi connectivity index (χ1) is 16.3. The molecule has 0 aromatic heterocycles. The van der Waals surface area contributed by atoms with Crippen molar-refractivity contribution in [2.45, 2.75) is 40.0 Å². The summed E-state index contributed by atoms with van der Waals surface area (Å²) >= 11 is 0. The predicted molar refractivity (Wildman–Crippen MR) is 139 cm³/mol. The molecule has 0 bridgehead atoms. The van der Waals surface area contributed by atoms with Gasteiger partial charge in [-0.15, -0.1) is 0 Å². The van der Waals surface area contributed by atoms with Gasteiger partial charge in [0.15, 0.2) is 0 Å². The zero-order chi connectivity index (χ0) is 24.7. The van der Waals surface area contributed by atoms with Crippen molar-refractivity contribution in [3.63, 3.8) is 0 Å². The standard InChI is InChI=1S/C16H18O2.C14H12O2/c1-4-11(2)13-5-6-15-10-16(18-12(3)17)8-7-14(15)9-13;1-3-11-4-5-13-9-14(16-10(2)15)7-6-12(13)8-11/h5-11H,4H2,1-3H3;3-9H,1H2,2H3. The van der Waals surface area contributed by atoms with E-state index < -0.39 is 0 Å². The van der Waals surface area contributed by atoms with Crippen LogP contribution >= 0.6 is 0 Å². The van der Waals surface area contributed by atoms with Crippen LogP contribution in [0.1, 0.15) is 51.2 Å². The molecule has 0 heterocycles. The molecule has 4 aromatic carbocycles. The van der Waals surface area contributed by atoms with E-state index in [1.807, 2.05) is 48.5 Å². The summed E-state index contributed by atoms with van der Waals surface area (Å²) in [5.41, 5.74) is 2.43. The Bertz CT molecular complexity index is 1340. The largest absolute Gasteiger partial charge is 0.427 e. The molecule has 0 radical (unpaired) electrons. The summed E-state index contributed by atoms with van der Waals surface area (Å²) in [6.45, 7) is 11.0. The van der Waals surface area contributed by atoms with Gasteiger partial charge in [0.2, 0.25) is 0 Å². The third-order valence-electron chi connectivity index (χ3n) is 5.61. The molecule has 0 spiro atoms. The third kappa shape index (κ3) is 6.55. The molecule has 0 saturated carbocycles. The normalized spacial score (nSPS) is 11.3. The van der Waals surface area contributed by atoms with Crippen LogP contribution in [0, 0.1) is 0 Å². The number of rotatable bonds is 5. The van der Waals surface area contributed by atoms with Crippen LogP contribution in [0.25, 0.3) is 27.6 Å². The zero-order valence-electron chi connectivity index (χ0n) is 20.1. The minimum absolute atomic E-state index is 0.287. The second-order valence-corrected chi connectivity index (χ2v) is 8.24. The Morgan fingerprint density at radius 3 is 1.74 bits per heavy atom. The van der Waals surface area contributed by atoms with Crippen molar-refractivity contribution in [2.24, 2.45) is 0 Å². The zero-order valence-corrected chi connectivity index (χ0v) is 20.1. The molecule has 0 fully saturated rings. The molecule has 1 unspecified atom stereocenters. The monoisotopic (exact) mass is 454 g/mol. The van der Waals surface area contributed by atoms with Crippen LogP contribution in [-0.4, -0.2) is 11.9 Å². The Balaban J connectivity index is 0.000000192. The van der Waals surface area contributed by atoms with E-state index in [0.29, 0.717) is 17.4 Å². The van der Waals surface area contributed by atoms with Crippen LogP contribution < -0.4 is 9.47 Å². The minimum atomic E-state index is -0.304. The van der Waals surface area contributed by atoms with E-state index in [1.54, 1.807) is 12.1 Å². The lowest BCUT2D eigenvalue weighted by atomic mass is 9.96. The first-order valence-corrected chi connectivity index (χ1v) is 11.4. The molecule has 4 heteroatoms. The van der Waals surface area contributed by atoms with Crippen LogP contribution in [0.3, 0.4) is 0 Å². The van der Waals surface area contributed by atoms with Crippen molar-refractivity contribution in [3.8, 4) is 11.5 Å². The molecule has 4 nitrogen and oxygen atoms in total. The van der Waals surface area contributed by atoms with Gasteiger partial charge in [-0.05, 0) is 75.3 Å². The topological polar surface area (TPSA) is 52.6 Å². The highest BCUT2D eigenvalue weighted by Gasteiger charge is 2.05. The van der Waals surface area contributed by atoms with E-state index in [1.165, 1.54) is 24.8 Å². The van der Waals surface area contributed by atoms with Gasteiger partial charge < -0.3 is 9.47 Å². The molecule has 0 N–H and O–H groups in total. The molecule has 0 aliphatic carbocycles. The molecule has 4 aromatic rings. The summed E-state index contributed by atoms with van der Waals surface area (Å²) in [7, 11) is 0. The first-order valence-electron chi connectivity index (χ1n) is 11.4. The fourth-order valence-electron chi connectivity index (χ4n) is 3.61. The highest BCUT2D eigenvalue weighted by Crippen LogP contribution is 2.26. The number of carbonyl (C=O) groups excluding carboxylic acids is 2. The van der Waals surface area contributed by atoms with E-state index in [4.69, 9.17) is 9.47 Å². The van der Waals surface area contributed by atoms with E-state index in [2.05, 4.69) is 38.6 Å². The lowest BCUT2D eigenvalue weighted by Gasteiger charge is -2.10. The molecule has 34 heavy (non-hydrogen) atoms. The summed E-state index contributed by atoms with van der Waals surface area (Å²) in [5, 5.41) is 4.43. The molecule has 1 atom stereocenters. The van der Waals surface area contributed by atoms with Crippen LogP contribution in [0.4, 0.5) is 0 Å². The van der Waals surface area contributed by atoms with Gasteiger partial charge in [0, 0.05) is 13.8 Å². The van der Waals surface area contributed by atoms with E-state index in [9.17, 15) is 9.59 Å². The number of hydrogen-bond acceptors (Lipinski definition) is 4. The predicted octanol–water partition coefficient (Wildman–Crippen LogP) is 7.69. The average molecular weight is 455 g/mol. The Morgan fingerprint density at radius 2 is 1.24 bits per heavy atom. The average Bonchev–Trinajstić information content (AvgIpc) is 2.82. The SMILES string of the molecule is C=Cc1ccc2cc(OC(C)=O)ccc2c1.CCC(C)c1ccc2cc(OC(C)=O)ccc2c1. The number of benzene rings is 4. The van der Waals surface area contributed by atoms with E-state index in [0.717, 1.165) is 28.1 Å². The lowest BCUT2D eigenvalue weighted by Crippen LogP contribution is -2.01. The summed E-state index contributed by atoms with van der Waals surface area (Å²) in [5.74, 6) is 1.16. The number of fused-ring (bicyclic) bond motifs is 2. The van der Waals surface area contributed by atoms with Crippen LogP contribution in [-0.2, 0) is 9.59 Å². The number of hydrogen-bond donors (Lipinski definition) is 0. The Labute approximate surface area is 200 Å². The maximum Gasteiger partial charge on any atom is 0.308 e. The summed E-state index contributed by atoms with van der Waals surface area (Å²) in [6.07, 6.45) is 2.94. The van der Waals surface area contributed by atoms with Crippen molar-refractivity contribution in [2.75, 3.05) is 0 Å². The van der Waals surface area contributed by atoms with Crippen molar-refractivity contribution >= 4 is 39.6 Å². The van der Waals surface area contributed by atoms with Gasteiger partial charge in [0.05, 0.1) is 0 Å². The number of carbonyl (C=O) groups is 2. The number of esters is 2. The smallest absolute Gasteiger partial charge is 0.308 e. The van der Waals surface area contributed by atoms with Gasteiger partial charge >= 0.3 is 11.9 Å². The second kappa shape index (κ2) is 11.3. The first kappa shape index (κ1) is 24.7. The van der Waals surface area contributed by atoms with Gasteiger partial charge in [-0.2, -0.15) is 0 Å². The Hall–Kier alpha value is -3.92. The number of ether oxygens (including phenoxy) is 2. The fourth-order valence-corrected chi connectivity index (χ4v) is 3.61. The van der Waals surface area contributed by atoms with E-state index >= 15 is 0 Å². The molecular weight excluding hydrogens is 424 g/mol. The fraction of sp³-hybridized carbons (Fsp3) is 0.200. The van der Waals surface area contributed by atoms with Gasteiger partial charge in [0.25, 0.3) is 0 Å². The maximum absolute atomic E-state index is 10.9. The van der Waals surface area contributed by atoms with E-state index in [-0.39, 0.29) is 11.9 Å². The quantitative estimate of drug-likeness (QED) is 0.229. The highest BCUT2D eigenvalue weighted by atomic mass is 16.5. The Kier molecular flexibility index (Phi) is 8.20. The highest BCUT2D eigenvalue weighted by molar-refractivity contribution is 5.87. The third-order valence-corrected chi connectivity index (χ3v) is 5.61. The maximum atomic E-state index is 10.9. The molecule has 174 valence electrons. The summed E-state index contributed by atoms with van der Waals surface area (Å²) in [6, 6.07) is 23.8. The van der Waals surface area contributed by atoms with Gasteiger partial charge in [-0.25, -0.2) is 0 Å². The van der Waals surface area contributed by atoms with Crippen LogP contribution in [0.15, 0.2) is 79.4 Å². The van der Waals surface area contributed by atoms with Crippen molar-refractivity contribution < 1.29 is 19.1 Å². The Morgan fingerprint density at radius 1 is 0.765 bits per heavy atom. The van der Waals surface area contributed by atoms with Crippen LogP contribution in [0.5, 0.6) is 11.5 Å². The minimum Gasteiger partial charge on any atom is -0.427 e. The van der Waals surface area contributed by atoms with Crippen molar-refractivity contribution in [3.05, 3.63) is 90.5 Å². The molecule has 0 amide bonds. The molecule has 0 aliphatic rings. The van der Waals surface area contributed by atoms with Crippen molar-refractivity contribution in [1.29, 1.82) is 0 Å². The van der Waals surface area contributed by atoms with Crippen LogP contribution in [0.2, 0.25) is 0 Å². The van der Waals surface area contributed by atoms with Crippen molar-refractivity contribution in [1.82, 2.24) is 0 Å². The summed E-state index contributed by atoms with van der Waals surface area (Å²) < 4.78 is 10.1. The summed E-state index contributed by atoms with van der Waals surface area (Å²) in [4.78, 5) is 21.7. The van der Waals surface area contributed by atoms with Gasteiger partial charge in [0.1, 0.15) is 11.5 Å². The van der Waals surface area contributed by atoms with Gasteiger partial charge in [-0.1, -0.05) is 69.0 Å². The molecule has 0 saturated heterocycles. The van der Waals surface area contributed by atoms with Gasteiger partial charge in [-0.3, -0.25) is 9.59 Å². The second-order valence-electron chi connectivity index (χ2n) is 8.24. The molecule has 4 rings (SSSR count).